The molecule has 0 rings (SSSR count). The van der Waals surface area contributed by atoms with E-state index in [0.29, 0.717) is 0 Å². The molecular weight excluding hydrogens is 340 g/mol. The Labute approximate surface area is 92.7 Å². The van der Waals surface area contributed by atoms with Crippen LogP contribution in [0.4, 0.5) is 0 Å². The van der Waals surface area contributed by atoms with Gasteiger partial charge in [-0.15, -0.1) is 0 Å². The van der Waals surface area contributed by atoms with E-state index in [4.69, 9.17) is 0 Å². The predicted octanol–water partition coefficient (Wildman–Crippen LogP) is -8.99. The van der Waals surface area contributed by atoms with Crippen molar-refractivity contribution in [2.75, 3.05) is 0 Å². The summed E-state index contributed by atoms with van der Waals surface area (Å²) < 4.78 is 0. The number of hydrogen-bond donors (Lipinski definition) is 0. The molecule has 0 saturated carbocycles. The molecule has 0 fully saturated rings. The van der Waals surface area contributed by atoms with E-state index in [0.717, 1.165) is 0 Å². The Kier molecular flexibility index (Phi) is 117. The smallest absolute Gasteiger partial charge is 1.00 e. The number of halogens is 2. The maximum atomic E-state index is 0. The molecule has 0 N–H and O–H groups in total. The van der Waals surface area contributed by atoms with Crippen LogP contribution in [0.25, 0.3) is 0 Å². The second kappa shape index (κ2) is 16.7. The van der Waals surface area contributed by atoms with Crippen LogP contribution in [0.1, 0.15) is 0 Å². The molecule has 4 heavy (non-hydrogen) atoms. The summed E-state index contributed by atoms with van der Waals surface area (Å²) in [4.78, 5) is 0. The standard InChI is InChI=1S/Cu.2HI.Na/h;2*1H;/q+1;;;+1/p-2. The first-order valence-electron chi connectivity index (χ1n) is 0. The molecule has 0 aromatic heterocycles. The van der Waals surface area contributed by atoms with Crippen LogP contribution in [0.5, 0.6) is 0 Å². The van der Waals surface area contributed by atoms with Gasteiger partial charge in [0.15, 0.2) is 0 Å². The fourth-order valence-corrected chi connectivity index (χ4v) is 0. The summed E-state index contributed by atoms with van der Waals surface area (Å²) in [6.45, 7) is 0. The largest absolute Gasteiger partial charge is 1.00 e. The third-order valence-electron chi connectivity index (χ3n) is 0. The summed E-state index contributed by atoms with van der Waals surface area (Å²) in [5.41, 5.74) is 0. The fourth-order valence-electron chi connectivity index (χ4n) is 0. The van der Waals surface area contributed by atoms with Gasteiger partial charge in [0.25, 0.3) is 0 Å². The average molecular weight is 340 g/mol. The molecule has 4 heteroatoms. The van der Waals surface area contributed by atoms with Crippen molar-refractivity contribution < 1.29 is 94.6 Å². The van der Waals surface area contributed by atoms with Crippen LogP contribution in [0.15, 0.2) is 0 Å². The summed E-state index contributed by atoms with van der Waals surface area (Å²) in [6, 6.07) is 0. The van der Waals surface area contributed by atoms with Gasteiger partial charge in [0, 0.05) is 0 Å². The Bertz CT molecular complexity index is 6.00. The summed E-state index contributed by atoms with van der Waals surface area (Å²) in [5.74, 6) is 0. The zero-order valence-electron chi connectivity index (χ0n) is 2.06. The molecule has 0 aromatic rings. The zero-order valence-corrected chi connectivity index (χ0v) is 9.31. The topological polar surface area (TPSA) is 0 Å². The van der Waals surface area contributed by atoms with Crippen molar-refractivity contribution in [3.05, 3.63) is 0 Å². The Hall–Kier alpha value is 2.98. The van der Waals surface area contributed by atoms with Gasteiger partial charge >= 0.3 is 46.6 Å². The van der Waals surface area contributed by atoms with Crippen molar-refractivity contribution in [2.24, 2.45) is 0 Å². The van der Waals surface area contributed by atoms with E-state index in [1.807, 2.05) is 0 Å². The molecule has 0 radical (unpaired) electrons. The second-order valence-electron chi connectivity index (χ2n) is 0. The number of rotatable bonds is 0. The van der Waals surface area contributed by atoms with Crippen LogP contribution in [-0.2, 0) is 17.1 Å². The second-order valence-corrected chi connectivity index (χ2v) is 0. The monoisotopic (exact) mass is 340 g/mol. The van der Waals surface area contributed by atoms with Gasteiger partial charge in [-0.2, -0.15) is 0 Å². The zero-order chi connectivity index (χ0) is 0. The maximum Gasteiger partial charge on any atom is 1.00 e. The van der Waals surface area contributed by atoms with Crippen LogP contribution < -0.4 is 77.5 Å². The normalized spacial score (nSPS) is 0. The molecule has 0 aromatic carbocycles. The number of hydrogen-bond acceptors (Lipinski definition) is 0. The summed E-state index contributed by atoms with van der Waals surface area (Å²) in [6.07, 6.45) is 0. The third-order valence-corrected chi connectivity index (χ3v) is 0. The van der Waals surface area contributed by atoms with Crippen LogP contribution >= 0.6 is 0 Å². The van der Waals surface area contributed by atoms with Crippen molar-refractivity contribution >= 4 is 0 Å². The van der Waals surface area contributed by atoms with Gasteiger partial charge in [0.05, 0.1) is 0 Å². The predicted molar refractivity (Wildman–Crippen MR) is 0 cm³/mol. The summed E-state index contributed by atoms with van der Waals surface area (Å²) >= 11 is 0. The van der Waals surface area contributed by atoms with Gasteiger partial charge in [-0.1, -0.05) is 0 Å². The quantitative estimate of drug-likeness (QED) is 0.304. The van der Waals surface area contributed by atoms with Crippen LogP contribution in [-0.4, -0.2) is 0 Å². The van der Waals surface area contributed by atoms with E-state index in [1.165, 1.54) is 0 Å². The Morgan fingerprint density at radius 2 is 0.750 bits per heavy atom. The van der Waals surface area contributed by atoms with Crippen molar-refractivity contribution in [1.29, 1.82) is 0 Å². The first-order chi connectivity index (χ1) is 0. The van der Waals surface area contributed by atoms with Gasteiger partial charge < -0.3 is 48.0 Å². The molecule has 0 aliphatic heterocycles. The minimum Gasteiger partial charge on any atom is -1.00 e. The van der Waals surface area contributed by atoms with E-state index in [9.17, 15) is 0 Å². The average Bonchev–Trinajstić information content (AvgIpc) is 0. The molecule has 0 amide bonds. The Balaban J connectivity index is 0. The molecule has 0 bridgehead atoms. The van der Waals surface area contributed by atoms with Gasteiger partial charge in [0.1, 0.15) is 0 Å². The SMILES string of the molecule is [Cu+].[I-].[I-].[Na+]. The molecule has 0 unspecified atom stereocenters. The van der Waals surface area contributed by atoms with Gasteiger partial charge in [-0.05, 0) is 0 Å². The molecule has 26 valence electrons. The van der Waals surface area contributed by atoms with E-state index >= 15 is 0 Å². The molecular formula is CuI2Na. The first-order valence-corrected chi connectivity index (χ1v) is 0. The van der Waals surface area contributed by atoms with Crippen LogP contribution in [0.2, 0.25) is 0 Å². The fraction of sp³-hybridized carbons (Fsp3) is 0. The van der Waals surface area contributed by atoms with Crippen molar-refractivity contribution in [3.63, 3.8) is 0 Å². The van der Waals surface area contributed by atoms with Crippen LogP contribution in [0, 0.1) is 0 Å². The third kappa shape index (κ3) is 8.88. The summed E-state index contributed by atoms with van der Waals surface area (Å²) in [5, 5.41) is 0. The summed E-state index contributed by atoms with van der Waals surface area (Å²) in [7, 11) is 0. The van der Waals surface area contributed by atoms with E-state index in [1.54, 1.807) is 0 Å². The molecule has 0 aliphatic rings. The van der Waals surface area contributed by atoms with Crippen molar-refractivity contribution in [3.8, 4) is 0 Å². The molecule has 0 nitrogen and oxygen atoms in total. The van der Waals surface area contributed by atoms with E-state index in [-0.39, 0.29) is 94.6 Å². The van der Waals surface area contributed by atoms with E-state index in [2.05, 4.69) is 0 Å². The molecule has 0 atom stereocenters. The minimum atomic E-state index is 0. The molecule has 0 heterocycles. The van der Waals surface area contributed by atoms with Crippen molar-refractivity contribution in [2.45, 2.75) is 0 Å². The van der Waals surface area contributed by atoms with Gasteiger partial charge in [-0.3, -0.25) is 0 Å². The van der Waals surface area contributed by atoms with Crippen LogP contribution in [0.3, 0.4) is 0 Å². The molecule has 0 saturated heterocycles. The Morgan fingerprint density at radius 1 is 0.750 bits per heavy atom. The molecule has 0 aliphatic carbocycles. The van der Waals surface area contributed by atoms with E-state index < -0.39 is 0 Å². The minimum absolute atomic E-state index is 0. The maximum absolute atomic E-state index is 0. The van der Waals surface area contributed by atoms with Gasteiger partial charge in [-0.25, -0.2) is 0 Å². The van der Waals surface area contributed by atoms with Crippen molar-refractivity contribution in [1.82, 2.24) is 0 Å². The Morgan fingerprint density at radius 3 is 0.750 bits per heavy atom. The first kappa shape index (κ1) is 28.1. The van der Waals surface area contributed by atoms with Gasteiger partial charge in [0.2, 0.25) is 0 Å². The molecule has 0 spiro atoms.